The van der Waals surface area contributed by atoms with E-state index in [9.17, 15) is 4.79 Å². The molecule has 0 saturated carbocycles. The molecule has 0 aromatic heterocycles. The van der Waals surface area contributed by atoms with Gasteiger partial charge in [-0.05, 0) is 31.9 Å². The maximum absolute atomic E-state index is 11.1. The Labute approximate surface area is 96.4 Å². The van der Waals surface area contributed by atoms with Crippen LogP contribution in [0.5, 0.6) is 0 Å². The Balaban J connectivity index is 2.58. The van der Waals surface area contributed by atoms with Gasteiger partial charge in [-0.25, -0.2) is 4.79 Å². The van der Waals surface area contributed by atoms with Crippen molar-refractivity contribution in [2.75, 3.05) is 7.11 Å². The van der Waals surface area contributed by atoms with Crippen LogP contribution in [0, 0.1) is 13.8 Å². The van der Waals surface area contributed by atoms with Crippen LogP contribution < -0.4 is 0 Å². The van der Waals surface area contributed by atoms with Crippen molar-refractivity contribution in [3.63, 3.8) is 0 Å². The summed E-state index contributed by atoms with van der Waals surface area (Å²) >= 11 is 0. The molecular formula is C13H18O3. The topological polar surface area (TPSA) is 35.5 Å². The molecule has 16 heavy (non-hydrogen) atoms. The van der Waals surface area contributed by atoms with Crippen molar-refractivity contribution >= 4 is 5.97 Å². The summed E-state index contributed by atoms with van der Waals surface area (Å²) in [5.41, 5.74) is 3.50. The largest absolute Gasteiger partial charge is 0.467 e. The van der Waals surface area contributed by atoms with Crippen LogP contribution >= 0.6 is 0 Å². The van der Waals surface area contributed by atoms with Crippen molar-refractivity contribution < 1.29 is 14.3 Å². The fraction of sp³-hybridized carbons (Fsp3) is 0.462. The summed E-state index contributed by atoms with van der Waals surface area (Å²) in [5, 5.41) is 0. The molecule has 3 heteroatoms. The van der Waals surface area contributed by atoms with Crippen molar-refractivity contribution in [1.82, 2.24) is 0 Å². The maximum Gasteiger partial charge on any atom is 0.334 e. The van der Waals surface area contributed by atoms with Crippen LogP contribution in [0.1, 0.15) is 23.6 Å². The lowest BCUT2D eigenvalue weighted by atomic mass is 10.1. The highest BCUT2D eigenvalue weighted by atomic mass is 16.6. The number of hydrogen-bond donors (Lipinski definition) is 0. The standard InChI is InChI=1S/C13H18O3/c1-9-5-6-12(10(2)7-9)8-16-11(3)13(14)15-4/h5-7,11H,8H2,1-4H3. The average molecular weight is 222 g/mol. The third kappa shape index (κ3) is 3.35. The Bertz CT molecular complexity index is 371. The van der Waals surface area contributed by atoms with Crippen LogP contribution in [-0.4, -0.2) is 19.2 Å². The lowest BCUT2D eigenvalue weighted by molar-refractivity contribution is -0.153. The zero-order valence-corrected chi connectivity index (χ0v) is 10.2. The summed E-state index contributed by atoms with van der Waals surface area (Å²) in [5.74, 6) is -0.343. The predicted octanol–water partition coefficient (Wildman–Crippen LogP) is 2.38. The predicted molar refractivity (Wildman–Crippen MR) is 62.2 cm³/mol. The van der Waals surface area contributed by atoms with E-state index in [0.29, 0.717) is 6.61 Å². The normalized spacial score (nSPS) is 12.2. The summed E-state index contributed by atoms with van der Waals surface area (Å²) in [6.07, 6.45) is -0.522. The molecule has 0 aliphatic carbocycles. The van der Waals surface area contributed by atoms with Gasteiger partial charge in [0.2, 0.25) is 0 Å². The third-order valence-electron chi connectivity index (χ3n) is 2.52. The summed E-state index contributed by atoms with van der Waals surface area (Å²) in [7, 11) is 1.36. The minimum Gasteiger partial charge on any atom is -0.467 e. The Morgan fingerprint density at radius 1 is 1.38 bits per heavy atom. The number of carbonyl (C=O) groups is 1. The molecule has 0 radical (unpaired) electrons. The minimum absolute atomic E-state index is 0.343. The van der Waals surface area contributed by atoms with Crippen LogP contribution in [0.15, 0.2) is 18.2 Å². The molecule has 1 aromatic rings. The number of benzene rings is 1. The first kappa shape index (κ1) is 12.7. The number of ether oxygens (including phenoxy) is 2. The van der Waals surface area contributed by atoms with Gasteiger partial charge in [0.1, 0.15) is 0 Å². The molecule has 0 N–H and O–H groups in total. The van der Waals surface area contributed by atoms with E-state index in [4.69, 9.17) is 4.74 Å². The maximum atomic E-state index is 11.1. The molecule has 1 aromatic carbocycles. The van der Waals surface area contributed by atoms with Crippen molar-refractivity contribution in [3.8, 4) is 0 Å². The summed E-state index contributed by atoms with van der Waals surface area (Å²) in [6.45, 7) is 6.21. The average Bonchev–Trinajstić information content (AvgIpc) is 2.26. The van der Waals surface area contributed by atoms with Gasteiger partial charge in [-0.1, -0.05) is 23.8 Å². The highest BCUT2D eigenvalue weighted by molar-refractivity contribution is 5.73. The van der Waals surface area contributed by atoms with Crippen LogP contribution in [-0.2, 0) is 20.9 Å². The molecule has 88 valence electrons. The van der Waals surface area contributed by atoms with Gasteiger partial charge >= 0.3 is 5.97 Å². The van der Waals surface area contributed by atoms with Crippen LogP contribution in [0.25, 0.3) is 0 Å². The Kier molecular flexibility index (Phi) is 4.50. The Hall–Kier alpha value is -1.35. The molecule has 0 spiro atoms. The summed E-state index contributed by atoms with van der Waals surface area (Å²) < 4.78 is 10.0. The van der Waals surface area contributed by atoms with Gasteiger partial charge in [-0.2, -0.15) is 0 Å². The molecule has 3 nitrogen and oxygen atoms in total. The highest BCUT2D eigenvalue weighted by Gasteiger charge is 2.13. The van der Waals surface area contributed by atoms with Crippen molar-refractivity contribution in [3.05, 3.63) is 34.9 Å². The fourth-order valence-corrected chi connectivity index (χ4v) is 1.46. The summed E-state index contributed by atoms with van der Waals surface area (Å²) in [6, 6.07) is 6.16. The molecule has 0 aliphatic heterocycles. The SMILES string of the molecule is COC(=O)C(C)OCc1ccc(C)cc1C. The van der Waals surface area contributed by atoms with Gasteiger partial charge in [-0.15, -0.1) is 0 Å². The Morgan fingerprint density at radius 3 is 2.62 bits per heavy atom. The Morgan fingerprint density at radius 2 is 2.06 bits per heavy atom. The van der Waals surface area contributed by atoms with E-state index in [1.807, 2.05) is 19.1 Å². The second-order valence-corrected chi connectivity index (χ2v) is 3.91. The molecule has 0 heterocycles. The van der Waals surface area contributed by atoms with E-state index in [-0.39, 0.29) is 5.97 Å². The molecule has 0 bridgehead atoms. The number of methoxy groups -OCH3 is 1. The molecule has 0 fully saturated rings. The van der Waals surface area contributed by atoms with Crippen LogP contribution in [0.2, 0.25) is 0 Å². The zero-order valence-electron chi connectivity index (χ0n) is 10.2. The molecule has 0 saturated heterocycles. The van der Waals surface area contributed by atoms with Crippen molar-refractivity contribution in [2.24, 2.45) is 0 Å². The lowest BCUT2D eigenvalue weighted by Gasteiger charge is -2.12. The van der Waals surface area contributed by atoms with E-state index in [1.165, 1.54) is 18.2 Å². The van der Waals surface area contributed by atoms with Crippen LogP contribution in [0.3, 0.4) is 0 Å². The van der Waals surface area contributed by atoms with Crippen molar-refractivity contribution in [1.29, 1.82) is 0 Å². The molecule has 0 aliphatic rings. The van der Waals surface area contributed by atoms with Gasteiger partial charge in [0, 0.05) is 0 Å². The van der Waals surface area contributed by atoms with Gasteiger partial charge in [0.25, 0.3) is 0 Å². The van der Waals surface area contributed by atoms with Gasteiger partial charge in [-0.3, -0.25) is 0 Å². The minimum atomic E-state index is -0.522. The number of hydrogen-bond acceptors (Lipinski definition) is 3. The number of carbonyl (C=O) groups excluding carboxylic acids is 1. The third-order valence-corrected chi connectivity index (χ3v) is 2.52. The smallest absolute Gasteiger partial charge is 0.334 e. The van der Waals surface area contributed by atoms with E-state index in [2.05, 4.69) is 17.7 Å². The number of esters is 1. The number of aryl methyl sites for hydroxylation is 2. The quantitative estimate of drug-likeness (QED) is 0.734. The fourth-order valence-electron chi connectivity index (χ4n) is 1.46. The van der Waals surface area contributed by atoms with E-state index in [1.54, 1.807) is 6.92 Å². The van der Waals surface area contributed by atoms with E-state index < -0.39 is 6.10 Å². The molecule has 1 unspecified atom stereocenters. The van der Waals surface area contributed by atoms with Crippen LogP contribution in [0.4, 0.5) is 0 Å². The van der Waals surface area contributed by atoms with Gasteiger partial charge in [0.05, 0.1) is 13.7 Å². The monoisotopic (exact) mass is 222 g/mol. The highest BCUT2D eigenvalue weighted by Crippen LogP contribution is 2.12. The lowest BCUT2D eigenvalue weighted by Crippen LogP contribution is -2.21. The van der Waals surface area contributed by atoms with E-state index in [0.717, 1.165) is 5.56 Å². The second-order valence-electron chi connectivity index (χ2n) is 3.91. The van der Waals surface area contributed by atoms with Gasteiger partial charge < -0.3 is 9.47 Å². The first-order valence-electron chi connectivity index (χ1n) is 5.30. The molecule has 1 rings (SSSR count). The summed E-state index contributed by atoms with van der Waals surface area (Å²) in [4.78, 5) is 11.1. The second kappa shape index (κ2) is 5.66. The molecule has 1 atom stereocenters. The van der Waals surface area contributed by atoms with Crippen molar-refractivity contribution in [2.45, 2.75) is 33.5 Å². The first-order valence-corrected chi connectivity index (χ1v) is 5.30. The zero-order chi connectivity index (χ0) is 12.1. The number of rotatable bonds is 4. The first-order chi connectivity index (χ1) is 7.54. The van der Waals surface area contributed by atoms with Gasteiger partial charge in [0.15, 0.2) is 6.10 Å². The molecular weight excluding hydrogens is 204 g/mol. The van der Waals surface area contributed by atoms with E-state index >= 15 is 0 Å². The molecule has 0 amide bonds.